The average molecular weight is 403 g/mol. The normalized spacial score (nSPS) is 19.7. The number of aliphatic carboxylic acids is 1. The van der Waals surface area contributed by atoms with Crippen LogP contribution in [-0.4, -0.2) is 39.1 Å². The summed E-state index contributed by atoms with van der Waals surface area (Å²) in [7, 11) is 0. The maximum atomic E-state index is 12.9. The molecule has 0 bridgehead atoms. The largest absolute Gasteiger partial charge is 0.615 e. The number of nitrogens with zero attached hydrogens (tertiary/aromatic N) is 1. The summed E-state index contributed by atoms with van der Waals surface area (Å²) in [6.45, 7) is -0.270. The molecule has 1 amide bonds. The number of amides is 1. The molecule has 2 unspecified atom stereocenters. The maximum Gasteiger partial charge on any atom is 0.416 e. The van der Waals surface area contributed by atoms with Crippen molar-refractivity contribution < 1.29 is 45.6 Å². The Morgan fingerprint density at radius 2 is 1.65 bits per heavy atom. The van der Waals surface area contributed by atoms with Crippen LogP contribution >= 0.6 is 0 Å². The first-order chi connectivity index (χ1) is 11.8. The quantitative estimate of drug-likeness (QED) is 0.619. The molecule has 1 aromatic rings. The van der Waals surface area contributed by atoms with E-state index in [2.05, 4.69) is 0 Å². The van der Waals surface area contributed by atoms with Gasteiger partial charge in [-0.1, -0.05) is 0 Å². The van der Waals surface area contributed by atoms with Crippen molar-refractivity contribution >= 4 is 28.7 Å². The highest BCUT2D eigenvalue weighted by atomic mass is 32.2. The summed E-state index contributed by atoms with van der Waals surface area (Å²) in [5.41, 5.74) is -3.79. The first-order valence-electron chi connectivity index (χ1n) is 7.00. The first-order valence-corrected chi connectivity index (χ1v) is 8.38. The third kappa shape index (κ3) is 4.41. The number of carboxylic acid groups (broad SMARTS) is 1. The molecule has 1 aliphatic rings. The molecular weight excluding hydrogens is 392 g/mol. The van der Waals surface area contributed by atoms with Gasteiger partial charge in [0.25, 0.3) is 5.91 Å². The summed E-state index contributed by atoms with van der Waals surface area (Å²) >= 11 is -2.13. The Kier molecular flexibility index (Phi) is 5.47. The van der Waals surface area contributed by atoms with Gasteiger partial charge in [-0.05, 0) is 29.4 Å². The smallest absolute Gasteiger partial charge is 0.416 e. The van der Waals surface area contributed by atoms with E-state index in [0.717, 1.165) is 0 Å². The highest BCUT2D eigenvalue weighted by molar-refractivity contribution is 7.93. The van der Waals surface area contributed by atoms with E-state index in [4.69, 9.17) is 5.11 Å². The van der Waals surface area contributed by atoms with E-state index in [1.165, 1.54) is 0 Å². The van der Waals surface area contributed by atoms with Gasteiger partial charge < -0.3 is 14.6 Å². The van der Waals surface area contributed by atoms with Gasteiger partial charge in [0, 0.05) is 18.7 Å². The summed E-state index contributed by atoms with van der Waals surface area (Å²) in [6.07, 6.45) is -10.3. The molecule has 1 saturated heterocycles. The number of anilines is 1. The van der Waals surface area contributed by atoms with Crippen LogP contribution in [0.3, 0.4) is 0 Å². The zero-order valence-corrected chi connectivity index (χ0v) is 13.5. The van der Waals surface area contributed by atoms with E-state index in [9.17, 15) is 40.5 Å². The molecule has 0 aliphatic carbocycles. The molecule has 144 valence electrons. The maximum absolute atomic E-state index is 12.9. The van der Waals surface area contributed by atoms with Gasteiger partial charge in [-0.2, -0.15) is 26.3 Å². The molecular formula is C14H11F6NO4S. The lowest BCUT2D eigenvalue weighted by Crippen LogP contribution is -2.36. The lowest BCUT2D eigenvalue weighted by molar-refractivity contribution is -0.143. The average Bonchev–Trinajstić information content (AvgIpc) is 2.86. The van der Waals surface area contributed by atoms with E-state index >= 15 is 0 Å². The van der Waals surface area contributed by atoms with E-state index in [1.807, 2.05) is 0 Å². The fourth-order valence-corrected chi connectivity index (χ4v) is 3.64. The molecule has 1 heterocycles. The third-order valence-corrected chi connectivity index (χ3v) is 5.23. The molecule has 1 aromatic carbocycles. The monoisotopic (exact) mass is 403 g/mol. The van der Waals surface area contributed by atoms with Crippen LogP contribution in [0.5, 0.6) is 0 Å². The van der Waals surface area contributed by atoms with Crippen LogP contribution in [0.15, 0.2) is 18.2 Å². The van der Waals surface area contributed by atoms with E-state index in [-0.39, 0.29) is 19.0 Å². The minimum Gasteiger partial charge on any atom is -0.615 e. The predicted molar refractivity (Wildman–Crippen MR) is 77.8 cm³/mol. The van der Waals surface area contributed by atoms with Gasteiger partial charge in [0.1, 0.15) is 0 Å². The molecule has 0 radical (unpaired) electrons. The minimum atomic E-state index is -5.07. The van der Waals surface area contributed by atoms with E-state index in [0.29, 0.717) is 17.0 Å². The Bertz CT molecular complexity index is 688. The summed E-state index contributed by atoms with van der Waals surface area (Å²) in [6, 6.07) is 0.732. The summed E-state index contributed by atoms with van der Waals surface area (Å²) in [5.74, 6) is -3.26. The molecule has 0 saturated carbocycles. The fraction of sp³-hybridized carbons (Fsp3) is 0.429. The number of hydrogen-bond acceptors (Lipinski definition) is 3. The highest BCUT2D eigenvalue weighted by Crippen LogP contribution is 2.39. The van der Waals surface area contributed by atoms with Gasteiger partial charge in [0.2, 0.25) is 5.75 Å². The van der Waals surface area contributed by atoms with Gasteiger partial charge in [-0.3, -0.25) is 4.79 Å². The number of carbonyl (C=O) groups excluding carboxylic acids is 1. The number of rotatable bonds is 4. The Morgan fingerprint density at radius 3 is 2.08 bits per heavy atom. The van der Waals surface area contributed by atoms with Crippen molar-refractivity contribution in [1.29, 1.82) is 0 Å². The molecule has 2 atom stereocenters. The summed E-state index contributed by atoms with van der Waals surface area (Å²) in [5, 5.41) is 7.30. The van der Waals surface area contributed by atoms with Crippen LogP contribution in [0.2, 0.25) is 0 Å². The van der Waals surface area contributed by atoms with Gasteiger partial charge in [0.15, 0.2) is 5.25 Å². The highest BCUT2D eigenvalue weighted by Gasteiger charge is 2.43. The van der Waals surface area contributed by atoms with Crippen molar-refractivity contribution in [3.8, 4) is 0 Å². The van der Waals surface area contributed by atoms with Crippen LogP contribution in [0.1, 0.15) is 17.5 Å². The topological polar surface area (TPSA) is 80.7 Å². The molecule has 1 fully saturated rings. The van der Waals surface area contributed by atoms with Crippen LogP contribution in [0.25, 0.3) is 0 Å². The molecule has 26 heavy (non-hydrogen) atoms. The third-order valence-electron chi connectivity index (χ3n) is 3.62. The van der Waals surface area contributed by atoms with Gasteiger partial charge >= 0.3 is 18.3 Å². The number of carboxylic acids is 1. The van der Waals surface area contributed by atoms with Gasteiger partial charge in [0.05, 0.1) is 11.1 Å². The number of benzene rings is 1. The van der Waals surface area contributed by atoms with Crippen molar-refractivity contribution in [2.45, 2.75) is 24.0 Å². The van der Waals surface area contributed by atoms with Crippen molar-refractivity contribution in [2.75, 3.05) is 17.2 Å². The first kappa shape index (κ1) is 20.4. The number of halogens is 6. The molecule has 1 N–H and O–H groups in total. The SMILES string of the molecule is O=C(O)C[S+]([O-])C1CCN(c2cc(C(F)(F)F)cc(C(F)(F)F)c2)C1=O. The van der Waals surface area contributed by atoms with Gasteiger partial charge in [-0.15, -0.1) is 0 Å². The summed E-state index contributed by atoms with van der Waals surface area (Å²) < 4.78 is 89.1. The minimum absolute atomic E-state index is 0.0654. The van der Waals surface area contributed by atoms with Crippen LogP contribution in [0.4, 0.5) is 32.0 Å². The Hall–Kier alpha value is -1.95. The molecule has 1 aliphatic heterocycles. The van der Waals surface area contributed by atoms with E-state index < -0.39 is 63.2 Å². The van der Waals surface area contributed by atoms with Crippen molar-refractivity contribution in [1.82, 2.24) is 0 Å². The van der Waals surface area contributed by atoms with Gasteiger partial charge in [-0.25, -0.2) is 4.79 Å². The standard InChI is InChI=1S/C14H11F6NO4S/c15-13(16,17)7-3-8(14(18,19)20)5-9(4-7)21-2-1-10(12(21)24)26(25)6-11(22)23/h3-5,10H,1-2,6H2,(H,22,23). The number of carbonyl (C=O) groups is 2. The zero-order valence-electron chi connectivity index (χ0n) is 12.7. The van der Waals surface area contributed by atoms with E-state index in [1.54, 1.807) is 0 Å². The second-order valence-electron chi connectivity index (χ2n) is 5.45. The Balaban J connectivity index is 2.39. The second-order valence-corrected chi connectivity index (χ2v) is 7.07. The summed E-state index contributed by atoms with van der Waals surface area (Å²) in [4.78, 5) is 23.5. The molecule has 0 spiro atoms. The fourth-order valence-electron chi connectivity index (χ4n) is 2.47. The molecule has 2 rings (SSSR count). The van der Waals surface area contributed by atoms with Crippen molar-refractivity contribution in [3.05, 3.63) is 29.3 Å². The molecule has 0 aromatic heterocycles. The predicted octanol–water partition coefficient (Wildman–Crippen LogP) is 2.66. The zero-order chi connectivity index (χ0) is 19.9. The number of alkyl halides is 6. The van der Waals surface area contributed by atoms with Crippen LogP contribution in [0, 0.1) is 0 Å². The molecule has 12 heteroatoms. The second kappa shape index (κ2) is 6.99. The van der Waals surface area contributed by atoms with Crippen LogP contribution < -0.4 is 4.90 Å². The van der Waals surface area contributed by atoms with Crippen molar-refractivity contribution in [2.24, 2.45) is 0 Å². The lowest BCUT2D eigenvalue weighted by Gasteiger charge is -2.21. The molecule has 5 nitrogen and oxygen atoms in total. The Morgan fingerprint density at radius 1 is 1.15 bits per heavy atom. The lowest BCUT2D eigenvalue weighted by atomic mass is 10.1. The Labute approximate surface area is 145 Å². The van der Waals surface area contributed by atoms with Crippen molar-refractivity contribution in [3.63, 3.8) is 0 Å². The number of hydrogen-bond donors (Lipinski definition) is 1. The van der Waals surface area contributed by atoms with Crippen LogP contribution in [-0.2, 0) is 33.1 Å².